The summed E-state index contributed by atoms with van der Waals surface area (Å²) in [6.07, 6.45) is 0. The van der Waals surface area contributed by atoms with Gasteiger partial charge in [-0.15, -0.1) is 43.7 Å². The van der Waals surface area contributed by atoms with Crippen LogP contribution in [0.4, 0.5) is 0 Å². The van der Waals surface area contributed by atoms with Crippen molar-refractivity contribution in [1.29, 1.82) is 0 Å². The molecule has 0 unspecified atom stereocenters. The number of benzene rings is 7. The minimum atomic E-state index is -0.160. The van der Waals surface area contributed by atoms with Crippen molar-refractivity contribution in [3.63, 3.8) is 0 Å². The molecule has 0 aliphatic rings. The molecule has 0 aliphatic heterocycles. The molecule has 0 atom stereocenters. The highest BCUT2D eigenvalue weighted by Gasteiger charge is 2.30. The molecule has 0 amide bonds. The van der Waals surface area contributed by atoms with Crippen molar-refractivity contribution < 1.29 is 8.83 Å². The van der Waals surface area contributed by atoms with E-state index in [1.54, 1.807) is 30.3 Å². The van der Waals surface area contributed by atoms with Gasteiger partial charge in [-0.2, -0.15) is 0 Å². The molecule has 40 radical (unpaired) electrons. The lowest BCUT2D eigenvalue weighted by Crippen LogP contribution is -2.48. The van der Waals surface area contributed by atoms with Crippen LogP contribution in [-0.2, 0) is 0 Å². The van der Waals surface area contributed by atoms with Crippen molar-refractivity contribution in [3.05, 3.63) is 30.3 Å². The first kappa shape index (κ1) is 46.4. The highest BCUT2D eigenvalue weighted by molar-refractivity contribution is 6.73. The maximum atomic E-state index is 6.99. The second-order valence-corrected chi connectivity index (χ2v) is 16.2. The SMILES string of the molecule is [B]c1c([B])c([B])c2c(oc3c([B])c([B])c([B])c(-c4nc(-c5ccccc5)nc(-c5c([B])c([B])c([B])c6c(-c7c([B])c([B])c([B])c8oc9c([B])c([B])c([B])c([B])c9c78)c([B])c([B])c([B])c56)n4)c32)c1[B]. The third-order valence-electron chi connectivity index (χ3n) is 12.6. The Hall–Kier alpha value is -5.29. The van der Waals surface area contributed by atoms with Crippen LogP contribution in [0.25, 0.3) is 99.9 Å². The number of rotatable bonds is 4. The Labute approximate surface area is 417 Å². The van der Waals surface area contributed by atoms with Gasteiger partial charge < -0.3 is 8.83 Å². The van der Waals surface area contributed by atoms with Crippen molar-refractivity contribution in [2.75, 3.05) is 0 Å². The molecule has 25 heteroatoms. The lowest BCUT2D eigenvalue weighted by atomic mass is 9.59. The van der Waals surface area contributed by atoms with Crippen molar-refractivity contribution >= 4 is 321 Å². The van der Waals surface area contributed by atoms with Gasteiger partial charge in [0.2, 0.25) is 0 Å². The minimum absolute atomic E-state index is 0.000399. The monoisotopic (exact) mass is 815 g/mol. The van der Waals surface area contributed by atoms with Gasteiger partial charge in [-0.3, -0.25) is 0 Å². The Morgan fingerprint density at radius 3 is 0.926 bits per heavy atom. The molecule has 0 saturated heterocycles. The topological polar surface area (TPSA) is 65.0 Å². The van der Waals surface area contributed by atoms with Crippen molar-refractivity contribution in [3.8, 4) is 45.3 Å². The summed E-state index contributed by atoms with van der Waals surface area (Å²) in [6.45, 7) is 0. The predicted octanol–water partition coefficient (Wildman–Crippen LogP) is -12.6. The highest BCUT2D eigenvalue weighted by atomic mass is 16.3. The largest absolute Gasteiger partial charge is 0.457 e. The van der Waals surface area contributed by atoms with E-state index in [4.69, 9.17) is 181 Å². The van der Waals surface area contributed by atoms with Crippen molar-refractivity contribution in [1.82, 2.24) is 15.0 Å². The van der Waals surface area contributed by atoms with Crippen molar-refractivity contribution in [2.45, 2.75) is 0 Å². The number of aromatic nitrogens is 3. The summed E-state index contributed by atoms with van der Waals surface area (Å²) >= 11 is 0. The standard InChI is InChI=1S/C43H5B20N3O2/c44-17-7(9-11-13-21(48)27(54)31(58)35(62)39(13)67-37(11)33(60)29(56)19(9)46)8-10(20(47)25(17)52)15(23(50)26(53)18(8)45)42-64-41(6-4-2-1-3-5-6)65-43(66-42)16-12-14-22(49)28(55)32(59)36(63)40(14)68-38(12)34(61)30(57)24(16)51/h1-5H. The molecule has 68 heavy (non-hydrogen) atoms. The van der Waals surface area contributed by atoms with E-state index in [9.17, 15) is 0 Å². The van der Waals surface area contributed by atoms with Crippen LogP contribution in [0.3, 0.4) is 0 Å². The smallest absolute Gasteiger partial charge is 0.164 e. The van der Waals surface area contributed by atoms with Crippen LogP contribution < -0.4 is 109 Å². The number of hydrogen-bond acceptors (Lipinski definition) is 5. The summed E-state index contributed by atoms with van der Waals surface area (Å²) in [4.78, 5) is 14.8. The molecular formula is C43H5B20N3O2. The van der Waals surface area contributed by atoms with Crippen LogP contribution in [0.2, 0.25) is 0 Å². The van der Waals surface area contributed by atoms with E-state index >= 15 is 0 Å². The van der Waals surface area contributed by atoms with Gasteiger partial charge in [-0.05, 0) is 21.9 Å². The normalized spacial score (nSPS) is 11.8. The van der Waals surface area contributed by atoms with E-state index in [1.807, 2.05) is 0 Å². The first-order valence-corrected chi connectivity index (χ1v) is 20.1. The first-order valence-electron chi connectivity index (χ1n) is 20.1. The fourth-order valence-electron chi connectivity index (χ4n) is 8.97. The maximum absolute atomic E-state index is 6.99. The van der Waals surface area contributed by atoms with Crippen LogP contribution in [0.5, 0.6) is 0 Å². The first-order chi connectivity index (χ1) is 32.1. The molecular weight excluding hydrogens is 807 g/mol. The average Bonchev–Trinajstić information content (AvgIpc) is 3.93. The number of fused-ring (bicyclic) bond motifs is 7. The zero-order valence-corrected chi connectivity index (χ0v) is 35.6. The van der Waals surface area contributed by atoms with E-state index < -0.39 is 0 Å². The zero-order chi connectivity index (χ0) is 49.0. The maximum Gasteiger partial charge on any atom is 0.164 e. The number of nitrogens with zero attached hydrogens (tertiary/aromatic N) is 3. The van der Waals surface area contributed by atoms with Crippen LogP contribution in [-0.4, -0.2) is 172 Å². The highest BCUT2D eigenvalue weighted by Crippen LogP contribution is 2.37. The summed E-state index contributed by atoms with van der Waals surface area (Å²) in [6, 6.07) is 8.86. The molecule has 3 heterocycles. The van der Waals surface area contributed by atoms with Gasteiger partial charge in [-0.25, -0.2) is 15.0 Å². The molecule has 0 spiro atoms. The molecule has 3 aromatic heterocycles. The van der Waals surface area contributed by atoms with Gasteiger partial charge in [0.1, 0.15) is 179 Å². The fourth-order valence-corrected chi connectivity index (χ4v) is 8.97. The lowest BCUT2D eigenvalue weighted by Gasteiger charge is -2.28. The Kier molecular flexibility index (Phi) is 11.0. The molecule has 264 valence electrons. The molecule has 0 aliphatic carbocycles. The fraction of sp³-hybridized carbons (Fsp3) is 0. The summed E-state index contributed by atoms with van der Waals surface area (Å²) in [5.74, 6) is -0.146. The van der Waals surface area contributed by atoms with Crippen LogP contribution in [0.1, 0.15) is 0 Å². The zero-order valence-electron chi connectivity index (χ0n) is 35.6. The predicted molar refractivity (Wildman–Crippen MR) is 301 cm³/mol. The quantitative estimate of drug-likeness (QED) is 0.166. The Morgan fingerprint density at radius 2 is 0.500 bits per heavy atom. The van der Waals surface area contributed by atoms with E-state index in [-0.39, 0.29) is 204 Å². The summed E-state index contributed by atoms with van der Waals surface area (Å²) in [5, 5.41) is 0.851. The molecule has 0 fully saturated rings. The second-order valence-electron chi connectivity index (χ2n) is 16.2. The van der Waals surface area contributed by atoms with Crippen molar-refractivity contribution in [2.24, 2.45) is 0 Å². The Bertz CT molecular complexity index is 3990. The summed E-state index contributed by atoms with van der Waals surface area (Å²) < 4.78 is 12.5. The molecule has 0 saturated carbocycles. The van der Waals surface area contributed by atoms with Crippen LogP contribution >= 0.6 is 0 Å². The van der Waals surface area contributed by atoms with Gasteiger partial charge in [0.25, 0.3) is 0 Å². The van der Waals surface area contributed by atoms with Crippen LogP contribution in [0, 0.1) is 0 Å². The second kappa shape index (κ2) is 16.1. The third-order valence-corrected chi connectivity index (χ3v) is 12.6. The molecule has 7 aromatic carbocycles. The van der Waals surface area contributed by atoms with E-state index in [2.05, 4.69) is 0 Å². The minimum Gasteiger partial charge on any atom is -0.457 e. The third kappa shape index (κ3) is 6.21. The van der Waals surface area contributed by atoms with E-state index in [0.717, 1.165) is 0 Å². The van der Waals surface area contributed by atoms with Gasteiger partial charge >= 0.3 is 0 Å². The summed E-state index contributed by atoms with van der Waals surface area (Å²) in [7, 11) is 133. The molecule has 0 N–H and O–H groups in total. The lowest BCUT2D eigenvalue weighted by molar-refractivity contribution is 0.674. The molecule has 10 aromatic rings. The Morgan fingerprint density at radius 1 is 0.235 bits per heavy atom. The molecule has 5 nitrogen and oxygen atoms in total. The number of hydrogen-bond donors (Lipinski definition) is 0. The summed E-state index contributed by atoms with van der Waals surface area (Å²) in [5.41, 5.74) is -0.720. The van der Waals surface area contributed by atoms with E-state index in [1.165, 1.54) is 0 Å². The molecule has 0 bridgehead atoms. The Balaban J connectivity index is 1.41. The van der Waals surface area contributed by atoms with Gasteiger partial charge in [0, 0.05) is 38.2 Å². The number of furan rings is 2. The van der Waals surface area contributed by atoms with E-state index in [0.29, 0.717) is 5.56 Å². The van der Waals surface area contributed by atoms with Gasteiger partial charge in [-0.1, -0.05) is 95.9 Å². The van der Waals surface area contributed by atoms with Gasteiger partial charge in [0.15, 0.2) is 17.5 Å². The van der Waals surface area contributed by atoms with Crippen LogP contribution in [0.15, 0.2) is 39.2 Å². The van der Waals surface area contributed by atoms with Gasteiger partial charge in [0.05, 0.1) is 0 Å². The molecule has 10 rings (SSSR count). The average molecular weight is 812 g/mol.